The maximum atomic E-state index is 12.8. The molecular formula is C37H50Cl3NO8S. The smallest absolute Gasteiger partial charge is 0.348 e. The molecule has 2 aliphatic heterocycles. The molecule has 5 rings (SSSR count). The molecule has 6 unspecified atom stereocenters. The van der Waals surface area contributed by atoms with E-state index in [4.69, 9.17) is 58.5 Å². The SMILES string of the molecule is O=C(CCOC(=O)c1ccc(CCCC2C(Cl)CC(O)C2CCc2cc(Cl)cc(Cl)c2)s1)NC(COC1CCCCO1)COC1CCCCO1. The lowest BCUT2D eigenvalue weighted by Gasteiger charge is -2.28. The number of hydrogen-bond acceptors (Lipinski definition) is 9. The Morgan fingerprint density at radius 2 is 1.60 bits per heavy atom. The third-order valence-electron chi connectivity index (χ3n) is 9.66. The van der Waals surface area contributed by atoms with Crippen molar-refractivity contribution in [2.45, 2.75) is 114 Å². The minimum Gasteiger partial charge on any atom is -0.461 e. The first-order valence-electron chi connectivity index (χ1n) is 18.0. The van der Waals surface area contributed by atoms with Crippen LogP contribution in [0.5, 0.6) is 0 Å². The minimum atomic E-state index is -0.443. The number of thiophene rings is 1. The summed E-state index contributed by atoms with van der Waals surface area (Å²) in [7, 11) is 0. The lowest BCUT2D eigenvalue weighted by atomic mass is 9.85. The standard InChI is InChI=1S/C37H50Cl3NO8S/c38-25-18-24(19-26(39)20-25)10-12-30-29(31(40)21-32(30)42)7-5-6-28-11-13-33(50-28)37(44)47-17-14-34(43)41-27(22-48-35-8-1-3-15-45-35)23-49-36-9-2-4-16-46-36/h11,13,18-20,27,29-32,35-36,42H,1-10,12,14-17,21-23H2,(H,41,43). The van der Waals surface area contributed by atoms with E-state index in [0.29, 0.717) is 34.6 Å². The molecule has 1 saturated carbocycles. The average molecular weight is 775 g/mol. The summed E-state index contributed by atoms with van der Waals surface area (Å²) in [6, 6.07) is 8.90. The van der Waals surface area contributed by atoms with Crippen molar-refractivity contribution in [1.29, 1.82) is 0 Å². The molecule has 3 fully saturated rings. The number of amides is 1. The fourth-order valence-corrected chi connectivity index (χ4v) is 9.04. The van der Waals surface area contributed by atoms with Crippen LogP contribution in [0.1, 0.15) is 90.7 Å². The Balaban J connectivity index is 1.02. The number of halogens is 3. The molecule has 0 spiro atoms. The van der Waals surface area contributed by atoms with Crippen LogP contribution in [0, 0.1) is 11.8 Å². The summed E-state index contributed by atoms with van der Waals surface area (Å²) in [6.45, 7) is 1.83. The van der Waals surface area contributed by atoms with Gasteiger partial charge in [0.15, 0.2) is 12.6 Å². The van der Waals surface area contributed by atoms with E-state index >= 15 is 0 Å². The van der Waals surface area contributed by atoms with E-state index in [1.807, 2.05) is 18.2 Å². The number of aliphatic hydroxyl groups excluding tert-OH is 1. The van der Waals surface area contributed by atoms with Crippen molar-refractivity contribution < 1.29 is 38.4 Å². The Kier molecular flexibility index (Phi) is 16.4. The van der Waals surface area contributed by atoms with Gasteiger partial charge in [-0.3, -0.25) is 4.79 Å². The van der Waals surface area contributed by atoms with E-state index in [2.05, 4.69) is 5.32 Å². The van der Waals surface area contributed by atoms with Gasteiger partial charge in [0.2, 0.25) is 5.91 Å². The highest BCUT2D eigenvalue weighted by Crippen LogP contribution is 2.42. The van der Waals surface area contributed by atoms with Gasteiger partial charge >= 0.3 is 5.97 Å². The molecule has 3 heterocycles. The van der Waals surface area contributed by atoms with Crippen molar-refractivity contribution >= 4 is 58.0 Å². The highest BCUT2D eigenvalue weighted by atomic mass is 35.5. The Morgan fingerprint density at radius 3 is 2.24 bits per heavy atom. The van der Waals surface area contributed by atoms with Crippen LogP contribution in [0.15, 0.2) is 30.3 Å². The molecule has 2 N–H and O–H groups in total. The summed E-state index contributed by atoms with van der Waals surface area (Å²) in [6.07, 6.45) is 9.61. The third kappa shape index (κ3) is 12.9. The van der Waals surface area contributed by atoms with E-state index in [9.17, 15) is 14.7 Å². The van der Waals surface area contributed by atoms with Gasteiger partial charge in [0.05, 0.1) is 31.8 Å². The molecular weight excluding hydrogens is 725 g/mol. The predicted octanol–water partition coefficient (Wildman–Crippen LogP) is 7.73. The van der Waals surface area contributed by atoms with Crippen LogP contribution < -0.4 is 5.32 Å². The first kappa shape index (κ1) is 39.7. The first-order valence-corrected chi connectivity index (χ1v) is 20.0. The van der Waals surface area contributed by atoms with Gasteiger partial charge < -0.3 is 34.1 Å². The number of benzene rings is 1. The largest absolute Gasteiger partial charge is 0.461 e. The van der Waals surface area contributed by atoms with Gasteiger partial charge in [0.1, 0.15) is 11.5 Å². The molecule has 6 atom stereocenters. The van der Waals surface area contributed by atoms with Crippen LogP contribution in [-0.4, -0.2) is 80.1 Å². The van der Waals surface area contributed by atoms with E-state index in [1.54, 1.807) is 12.1 Å². The molecule has 278 valence electrons. The van der Waals surface area contributed by atoms with Crippen molar-refractivity contribution in [3.8, 4) is 0 Å². The molecule has 0 bridgehead atoms. The van der Waals surface area contributed by atoms with Gasteiger partial charge in [-0.05, 0) is 125 Å². The third-order valence-corrected chi connectivity index (χ3v) is 11.7. The molecule has 2 aromatic rings. The lowest BCUT2D eigenvalue weighted by molar-refractivity contribution is -0.185. The average Bonchev–Trinajstić information content (AvgIpc) is 3.68. The summed E-state index contributed by atoms with van der Waals surface area (Å²) >= 11 is 20.5. The fraction of sp³-hybridized carbons (Fsp3) is 0.676. The summed E-state index contributed by atoms with van der Waals surface area (Å²) in [4.78, 5) is 27.2. The minimum absolute atomic E-state index is 0.0265. The molecule has 1 aliphatic carbocycles. The van der Waals surface area contributed by atoms with Crippen LogP contribution in [0.25, 0.3) is 0 Å². The lowest BCUT2D eigenvalue weighted by Crippen LogP contribution is -2.44. The van der Waals surface area contributed by atoms with E-state index < -0.39 is 12.1 Å². The molecule has 0 radical (unpaired) electrons. The van der Waals surface area contributed by atoms with Crippen LogP contribution >= 0.6 is 46.1 Å². The molecule has 2 saturated heterocycles. The number of nitrogens with one attached hydrogen (secondary N) is 1. The normalized spacial score (nSPS) is 26.1. The first-order chi connectivity index (χ1) is 24.2. The van der Waals surface area contributed by atoms with Gasteiger partial charge in [-0.15, -0.1) is 22.9 Å². The van der Waals surface area contributed by atoms with Gasteiger partial charge in [-0.1, -0.05) is 23.2 Å². The zero-order chi connectivity index (χ0) is 35.3. The van der Waals surface area contributed by atoms with Gasteiger partial charge in [0, 0.05) is 33.5 Å². The Morgan fingerprint density at radius 1 is 0.920 bits per heavy atom. The summed E-state index contributed by atoms with van der Waals surface area (Å²) < 4.78 is 28.7. The van der Waals surface area contributed by atoms with Gasteiger partial charge in [0.25, 0.3) is 0 Å². The zero-order valence-electron chi connectivity index (χ0n) is 28.5. The highest BCUT2D eigenvalue weighted by Gasteiger charge is 2.40. The molecule has 9 nitrogen and oxygen atoms in total. The van der Waals surface area contributed by atoms with Gasteiger partial charge in [-0.25, -0.2) is 4.79 Å². The molecule has 13 heteroatoms. The number of carbonyl (C=O) groups is 2. The van der Waals surface area contributed by atoms with Crippen LogP contribution in [0.3, 0.4) is 0 Å². The van der Waals surface area contributed by atoms with Crippen LogP contribution in [0.2, 0.25) is 10.0 Å². The second-order valence-electron chi connectivity index (χ2n) is 13.5. The molecule has 1 aromatic heterocycles. The quantitative estimate of drug-likeness (QED) is 0.117. The second kappa shape index (κ2) is 20.7. The van der Waals surface area contributed by atoms with E-state index in [1.165, 1.54) is 11.3 Å². The van der Waals surface area contributed by atoms with Crippen LogP contribution in [0.4, 0.5) is 0 Å². The Bertz CT molecular complexity index is 1310. The number of ether oxygens (including phenoxy) is 5. The second-order valence-corrected chi connectivity index (χ2v) is 16.1. The van der Waals surface area contributed by atoms with Crippen LogP contribution in [-0.2, 0) is 41.3 Å². The predicted molar refractivity (Wildman–Crippen MR) is 195 cm³/mol. The maximum absolute atomic E-state index is 12.8. The Labute approximate surface area is 314 Å². The topological polar surface area (TPSA) is 113 Å². The Hall–Kier alpha value is -1.47. The number of alkyl halides is 1. The van der Waals surface area contributed by atoms with Crippen molar-refractivity contribution in [2.24, 2.45) is 11.8 Å². The summed E-state index contributed by atoms with van der Waals surface area (Å²) in [5.74, 6) is -0.383. The number of aryl methyl sites for hydroxylation is 2. The number of hydrogen-bond donors (Lipinski definition) is 2. The number of rotatable bonds is 18. The fourth-order valence-electron chi connectivity index (χ4n) is 7.03. The summed E-state index contributed by atoms with van der Waals surface area (Å²) in [5, 5.41) is 14.9. The molecule has 50 heavy (non-hydrogen) atoms. The summed E-state index contributed by atoms with van der Waals surface area (Å²) in [5.41, 5.74) is 1.05. The molecule has 1 amide bonds. The zero-order valence-corrected chi connectivity index (χ0v) is 31.6. The van der Waals surface area contributed by atoms with Crippen molar-refractivity contribution in [2.75, 3.05) is 33.0 Å². The molecule has 3 aliphatic rings. The maximum Gasteiger partial charge on any atom is 0.348 e. The van der Waals surface area contributed by atoms with E-state index in [-0.39, 0.29) is 68.0 Å². The van der Waals surface area contributed by atoms with Crippen molar-refractivity contribution in [1.82, 2.24) is 5.32 Å². The molecule has 1 aromatic carbocycles. The van der Waals surface area contributed by atoms with Gasteiger partial charge in [-0.2, -0.15) is 0 Å². The van der Waals surface area contributed by atoms with Crippen molar-refractivity contribution in [3.05, 3.63) is 55.7 Å². The number of carbonyl (C=O) groups excluding carboxylic acids is 2. The number of esters is 1. The van der Waals surface area contributed by atoms with E-state index in [0.717, 1.165) is 81.1 Å². The monoisotopic (exact) mass is 773 g/mol. The number of aliphatic hydroxyl groups is 1. The highest BCUT2D eigenvalue weighted by molar-refractivity contribution is 7.13. The van der Waals surface area contributed by atoms with Crippen molar-refractivity contribution in [3.63, 3.8) is 0 Å².